The second-order valence-corrected chi connectivity index (χ2v) is 8.66. The third kappa shape index (κ3) is 6.10. The van der Waals surface area contributed by atoms with Gasteiger partial charge in [-0.1, -0.05) is 30.3 Å². The van der Waals surface area contributed by atoms with Crippen molar-refractivity contribution in [1.29, 1.82) is 0 Å². The average Bonchev–Trinajstić information content (AvgIpc) is 3.30. The molecule has 0 saturated carbocycles. The molecule has 176 valence electrons. The van der Waals surface area contributed by atoms with Crippen LogP contribution in [0.5, 0.6) is 5.75 Å². The predicted molar refractivity (Wildman–Crippen MR) is 137 cm³/mol. The number of nitrogens with zero attached hydrogens (tertiary/aromatic N) is 2. The number of likely N-dealkylation sites (tertiary alicyclic amines) is 1. The number of piperidine rings is 1. The summed E-state index contributed by atoms with van der Waals surface area (Å²) in [5, 5.41) is 11.5. The largest absolute Gasteiger partial charge is 0.490 e. The fourth-order valence-electron chi connectivity index (χ4n) is 4.11. The maximum atomic E-state index is 11.0. The minimum atomic E-state index is 0.295. The number of benzene rings is 3. The van der Waals surface area contributed by atoms with Gasteiger partial charge >= 0.3 is 0 Å². The van der Waals surface area contributed by atoms with Crippen molar-refractivity contribution in [3.63, 3.8) is 0 Å². The summed E-state index contributed by atoms with van der Waals surface area (Å²) in [6.07, 6.45) is 3.28. The third-order valence-electron chi connectivity index (χ3n) is 6.04. The van der Waals surface area contributed by atoms with Gasteiger partial charge < -0.3 is 15.0 Å². The Morgan fingerprint density at radius 2 is 1.79 bits per heavy atom. The zero-order chi connectivity index (χ0) is 23.8. The molecule has 0 unspecified atom stereocenters. The molecule has 0 spiro atoms. The number of ether oxygens (including phenoxy) is 1. The first kappa shape index (κ1) is 23.7. The Hall–Kier alpha value is -3.48. The highest BCUT2D eigenvalue weighted by Gasteiger charge is 2.18. The van der Waals surface area contributed by atoms with Crippen LogP contribution in [0.1, 0.15) is 28.8 Å². The Balaban J connectivity index is 0.000000257. The van der Waals surface area contributed by atoms with Crippen LogP contribution in [0.3, 0.4) is 0 Å². The van der Waals surface area contributed by atoms with Crippen LogP contribution in [0.4, 0.5) is 0 Å². The van der Waals surface area contributed by atoms with Gasteiger partial charge in [-0.25, -0.2) is 0 Å². The lowest BCUT2D eigenvalue weighted by atomic mass is 10.1. The molecule has 5 rings (SSSR count). The number of nitrogens with one attached hydrogen (secondary N) is 2. The molecule has 1 fully saturated rings. The summed E-state index contributed by atoms with van der Waals surface area (Å²) in [6.45, 7) is 3.13. The molecule has 1 aliphatic rings. The highest BCUT2D eigenvalue weighted by Crippen LogP contribution is 2.29. The van der Waals surface area contributed by atoms with E-state index < -0.39 is 0 Å². The quantitative estimate of drug-likeness (QED) is 0.403. The molecule has 3 aromatic carbocycles. The van der Waals surface area contributed by atoms with Crippen molar-refractivity contribution in [1.82, 2.24) is 20.4 Å². The van der Waals surface area contributed by atoms with E-state index in [1.165, 1.54) is 5.56 Å². The molecule has 0 bridgehead atoms. The van der Waals surface area contributed by atoms with Gasteiger partial charge in [0.05, 0.1) is 11.2 Å². The zero-order valence-corrected chi connectivity index (χ0v) is 19.8. The van der Waals surface area contributed by atoms with Crippen molar-refractivity contribution >= 4 is 17.2 Å². The number of carbonyl (C=O) groups excluding carboxylic acids is 1. The standard InChI is InChI=1S/C20H21N3O2.C8H11N/c1-23-10-8-17(9-11-23)25-16-5-3-15(4-6-16)20-18-12-14(13-24)2-7-19(18)21-22-20;1-9-7-8-5-3-2-4-6-8/h2-7,12-13,17H,8-11H2,1H3,(H,21,22);2-6,9H,7H2,1H3. The molecule has 1 aliphatic heterocycles. The molecule has 1 aromatic heterocycles. The van der Waals surface area contributed by atoms with Crippen molar-refractivity contribution in [3.05, 3.63) is 83.9 Å². The Morgan fingerprint density at radius 3 is 2.47 bits per heavy atom. The van der Waals surface area contributed by atoms with E-state index in [1.807, 2.05) is 61.6 Å². The van der Waals surface area contributed by atoms with Crippen LogP contribution >= 0.6 is 0 Å². The summed E-state index contributed by atoms with van der Waals surface area (Å²) in [5.74, 6) is 0.895. The normalized spacial score (nSPS) is 14.4. The number of aldehydes is 1. The van der Waals surface area contributed by atoms with Crippen LogP contribution in [-0.2, 0) is 6.54 Å². The van der Waals surface area contributed by atoms with E-state index in [4.69, 9.17) is 4.74 Å². The van der Waals surface area contributed by atoms with Gasteiger partial charge in [0.15, 0.2) is 0 Å². The van der Waals surface area contributed by atoms with Crippen LogP contribution in [0, 0.1) is 0 Å². The predicted octanol–water partition coefficient (Wildman–Crippen LogP) is 4.92. The average molecular weight is 457 g/mol. The summed E-state index contributed by atoms with van der Waals surface area (Å²) in [6, 6.07) is 23.9. The number of hydrogen-bond donors (Lipinski definition) is 2. The van der Waals surface area contributed by atoms with Gasteiger partial charge in [0.2, 0.25) is 0 Å². The van der Waals surface area contributed by atoms with Crippen LogP contribution < -0.4 is 10.1 Å². The summed E-state index contributed by atoms with van der Waals surface area (Å²) in [5.41, 5.74) is 4.76. The molecule has 2 N–H and O–H groups in total. The third-order valence-corrected chi connectivity index (χ3v) is 6.04. The molecule has 0 atom stereocenters. The Labute approximate surface area is 200 Å². The maximum absolute atomic E-state index is 11.0. The van der Waals surface area contributed by atoms with Gasteiger partial charge in [0.25, 0.3) is 0 Å². The fraction of sp³-hybridized carbons (Fsp3) is 0.286. The minimum Gasteiger partial charge on any atom is -0.490 e. The first-order valence-corrected chi connectivity index (χ1v) is 11.7. The minimum absolute atomic E-state index is 0.295. The van der Waals surface area contributed by atoms with E-state index >= 15 is 0 Å². The number of carbonyl (C=O) groups is 1. The first-order valence-electron chi connectivity index (χ1n) is 11.7. The molecule has 0 aliphatic carbocycles. The van der Waals surface area contributed by atoms with Crippen LogP contribution in [0.2, 0.25) is 0 Å². The Kier molecular flexibility index (Phi) is 8.07. The lowest BCUT2D eigenvalue weighted by molar-refractivity contribution is 0.112. The summed E-state index contributed by atoms with van der Waals surface area (Å²) >= 11 is 0. The number of aromatic amines is 1. The highest BCUT2D eigenvalue weighted by atomic mass is 16.5. The van der Waals surface area contributed by atoms with Crippen molar-refractivity contribution in [2.75, 3.05) is 27.2 Å². The van der Waals surface area contributed by atoms with Crippen molar-refractivity contribution in [2.45, 2.75) is 25.5 Å². The van der Waals surface area contributed by atoms with Gasteiger partial charge in [-0.05, 0) is 75.0 Å². The monoisotopic (exact) mass is 456 g/mol. The lowest BCUT2D eigenvalue weighted by Gasteiger charge is -2.29. The highest BCUT2D eigenvalue weighted by molar-refractivity contribution is 5.96. The SMILES string of the molecule is CN1CCC(Oc2ccc(-c3n[nH]c4ccc(C=O)cc34)cc2)CC1.CNCc1ccccc1. The van der Waals surface area contributed by atoms with Crippen LogP contribution in [0.15, 0.2) is 72.8 Å². The van der Waals surface area contributed by atoms with Gasteiger partial charge in [-0.2, -0.15) is 5.10 Å². The van der Waals surface area contributed by atoms with Crippen LogP contribution in [-0.4, -0.2) is 54.7 Å². The smallest absolute Gasteiger partial charge is 0.150 e. The van der Waals surface area contributed by atoms with Gasteiger partial charge in [0, 0.05) is 36.1 Å². The molecule has 4 aromatic rings. The van der Waals surface area contributed by atoms with Gasteiger partial charge in [-0.15, -0.1) is 0 Å². The number of hydrogen-bond acceptors (Lipinski definition) is 5. The summed E-state index contributed by atoms with van der Waals surface area (Å²) in [4.78, 5) is 13.4. The number of fused-ring (bicyclic) bond motifs is 1. The van der Waals surface area contributed by atoms with Crippen LogP contribution in [0.25, 0.3) is 22.2 Å². The summed E-state index contributed by atoms with van der Waals surface area (Å²) in [7, 11) is 4.10. The second kappa shape index (κ2) is 11.6. The molecule has 2 heterocycles. The van der Waals surface area contributed by atoms with E-state index in [0.717, 1.165) is 66.7 Å². The van der Waals surface area contributed by atoms with E-state index in [0.29, 0.717) is 11.7 Å². The molecular formula is C28H32N4O2. The molecule has 1 saturated heterocycles. The Morgan fingerprint density at radius 1 is 1.06 bits per heavy atom. The lowest BCUT2D eigenvalue weighted by Crippen LogP contribution is -2.35. The van der Waals surface area contributed by atoms with Crippen molar-refractivity contribution in [3.8, 4) is 17.0 Å². The van der Waals surface area contributed by atoms with E-state index in [2.05, 4.69) is 39.6 Å². The maximum Gasteiger partial charge on any atom is 0.150 e. The molecule has 34 heavy (non-hydrogen) atoms. The molecule has 6 nitrogen and oxygen atoms in total. The van der Waals surface area contributed by atoms with Crippen molar-refractivity contribution in [2.24, 2.45) is 0 Å². The second-order valence-electron chi connectivity index (χ2n) is 8.66. The Bertz CT molecular complexity index is 1180. The van der Waals surface area contributed by atoms with E-state index in [9.17, 15) is 4.79 Å². The number of H-pyrrole nitrogens is 1. The molecule has 0 radical (unpaired) electrons. The molecule has 0 amide bonds. The first-order chi connectivity index (χ1) is 16.7. The fourth-order valence-corrected chi connectivity index (χ4v) is 4.11. The zero-order valence-electron chi connectivity index (χ0n) is 19.8. The van der Waals surface area contributed by atoms with Gasteiger partial charge in [0.1, 0.15) is 18.1 Å². The van der Waals surface area contributed by atoms with Gasteiger partial charge in [-0.3, -0.25) is 9.89 Å². The number of aromatic nitrogens is 2. The summed E-state index contributed by atoms with van der Waals surface area (Å²) < 4.78 is 6.10. The molecule has 6 heteroatoms. The number of rotatable bonds is 6. The van der Waals surface area contributed by atoms with Crippen molar-refractivity contribution < 1.29 is 9.53 Å². The van der Waals surface area contributed by atoms with E-state index in [1.54, 1.807) is 6.07 Å². The molecular weight excluding hydrogens is 424 g/mol. The topological polar surface area (TPSA) is 70.2 Å². The van der Waals surface area contributed by atoms with E-state index in [-0.39, 0.29) is 0 Å².